The first kappa shape index (κ1) is 30.1. The molecule has 2 atom stereocenters. The molecule has 1 fully saturated rings. The lowest BCUT2D eigenvalue weighted by atomic mass is 9.93. The number of nitrogens with zero attached hydrogens (tertiary/aromatic N) is 3. The average molecular weight is 603 g/mol. The summed E-state index contributed by atoms with van der Waals surface area (Å²) in [5.41, 5.74) is 4.40. The molecule has 1 unspecified atom stereocenters. The Morgan fingerprint density at radius 3 is 2.07 bits per heavy atom. The van der Waals surface area contributed by atoms with E-state index in [1.54, 1.807) is 28.8 Å². The molecule has 2 heterocycles. The molecule has 0 radical (unpaired) electrons. The van der Waals surface area contributed by atoms with Gasteiger partial charge in [0.05, 0.1) is 11.0 Å². The summed E-state index contributed by atoms with van der Waals surface area (Å²) in [5, 5.41) is 10.1. The topological polar surface area (TPSA) is 98.6 Å². The van der Waals surface area contributed by atoms with E-state index in [1.165, 1.54) is 16.0 Å². The van der Waals surface area contributed by atoms with Crippen molar-refractivity contribution in [3.8, 4) is 0 Å². The van der Waals surface area contributed by atoms with E-state index in [9.17, 15) is 19.5 Å². The molecule has 0 bridgehead atoms. The fraction of sp³-hybridized carbons (Fsp3) is 0.270. The quantitative estimate of drug-likeness (QED) is 0.164. The first-order valence-electron chi connectivity index (χ1n) is 15.6. The fourth-order valence-corrected chi connectivity index (χ4v) is 6.70. The Labute approximate surface area is 262 Å². The van der Waals surface area contributed by atoms with Crippen LogP contribution in [0.15, 0.2) is 114 Å². The van der Waals surface area contributed by atoms with Crippen LogP contribution in [-0.4, -0.2) is 55.5 Å². The zero-order chi connectivity index (χ0) is 31.2. The number of carboxylic acid groups (broad SMARTS) is 1. The molecule has 1 amide bonds. The highest BCUT2D eigenvalue weighted by Gasteiger charge is 2.34. The second-order valence-corrected chi connectivity index (χ2v) is 11.8. The summed E-state index contributed by atoms with van der Waals surface area (Å²) in [6.45, 7) is 2.74. The van der Waals surface area contributed by atoms with Crippen molar-refractivity contribution in [2.24, 2.45) is 0 Å². The lowest BCUT2D eigenvalue weighted by Crippen LogP contribution is -2.47. The van der Waals surface area contributed by atoms with Crippen LogP contribution in [0.25, 0.3) is 11.0 Å². The number of likely N-dealkylation sites (tertiary alicyclic amines) is 1. The predicted molar refractivity (Wildman–Crippen MR) is 175 cm³/mol. The maximum absolute atomic E-state index is 13.6. The Balaban J connectivity index is 1.22. The van der Waals surface area contributed by atoms with Crippen molar-refractivity contribution in [3.63, 3.8) is 0 Å². The summed E-state index contributed by atoms with van der Waals surface area (Å²) >= 11 is 0. The van der Waals surface area contributed by atoms with E-state index < -0.39 is 6.09 Å². The highest BCUT2D eigenvalue weighted by molar-refractivity contribution is 6.15. The molecule has 1 aliphatic rings. The maximum atomic E-state index is 13.6. The Morgan fingerprint density at radius 2 is 1.44 bits per heavy atom. The third-order valence-electron chi connectivity index (χ3n) is 8.83. The minimum atomic E-state index is -0.935. The number of carbonyl (C=O) groups is 2. The van der Waals surface area contributed by atoms with Crippen LogP contribution in [-0.2, 0) is 13.1 Å². The van der Waals surface area contributed by atoms with Crippen LogP contribution in [0.5, 0.6) is 0 Å². The van der Waals surface area contributed by atoms with Crippen LogP contribution >= 0.6 is 0 Å². The summed E-state index contributed by atoms with van der Waals surface area (Å²) < 4.78 is 1.70. The number of amides is 1. The van der Waals surface area contributed by atoms with Crippen LogP contribution in [0, 0.1) is 0 Å². The zero-order valence-electron chi connectivity index (χ0n) is 25.2. The highest BCUT2D eigenvalue weighted by Crippen LogP contribution is 2.32. The highest BCUT2D eigenvalue weighted by atomic mass is 16.4. The molecule has 1 saturated heterocycles. The summed E-state index contributed by atoms with van der Waals surface area (Å²) in [5.74, 6) is -0.148. The molecule has 230 valence electrons. The molecule has 1 aromatic heterocycles. The number of aromatic amines is 1. The SMILES string of the molecule is O=C(c1ccccc1)c1cccc2[nH]c(=O)n(C3CCN(C(=O)O)[C@@H](CCCN(Cc4ccccc4)Cc4ccccc4)C3)c12. The van der Waals surface area contributed by atoms with Gasteiger partial charge in [-0.05, 0) is 55.5 Å². The van der Waals surface area contributed by atoms with E-state index in [1.807, 2.05) is 36.4 Å². The maximum Gasteiger partial charge on any atom is 0.407 e. The van der Waals surface area contributed by atoms with Gasteiger partial charge in [0.2, 0.25) is 0 Å². The molecule has 4 aromatic carbocycles. The lowest BCUT2D eigenvalue weighted by Gasteiger charge is -2.38. The molecule has 8 heteroatoms. The van der Waals surface area contributed by atoms with E-state index >= 15 is 0 Å². The van der Waals surface area contributed by atoms with Crippen molar-refractivity contribution in [1.82, 2.24) is 19.4 Å². The first-order chi connectivity index (χ1) is 22.0. The number of hydrogen-bond acceptors (Lipinski definition) is 4. The van der Waals surface area contributed by atoms with E-state index in [-0.39, 0.29) is 23.6 Å². The molecular formula is C37H38N4O4. The van der Waals surface area contributed by atoms with Gasteiger partial charge in [0.1, 0.15) is 0 Å². The molecule has 0 saturated carbocycles. The number of hydrogen-bond donors (Lipinski definition) is 2. The van der Waals surface area contributed by atoms with Gasteiger partial charge < -0.3 is 15.0 Å². The number of H-pyrrole nitrogens is 1. The standard InChI is InChI=1S/C37H38N4O4/c42-35(29-16-8-3-9-17-29)32-19-10-20-33-34(32)41(36(43)38-33)31-21-23-40(37(44)45)30(24-31)18-11-22-39(25-27-12-4-1-5-13-27)26-28-14-6-2-7-15-28/h1-10,12-17,19-20,30-31H,11,18,21-26H2,(H,38,43)(H,44,45)/t30-,31?/m0/s1. The number of aromatic nitrogens is 2. The first-order valence-corrected chi connectivity index (χ1v) is 15.6. The predicted octanol–water partition coefficient (Wildman–Crippen LogP) is 6.73. The second-order valence-electron chi connectivity index (χ2n) is 11.8. The van der Waals surface area contributed by atoms with Crippen molar-refractivity contribution in [3.05, 3.63) is 142 Å². The summed E-state index contributed by atoms with van der Waals surface area (Å²) in [4.78, 5) is 46.1. The normalized spacial score (nSPS) is 16.7. The largest absolute Gasteiger partial charge is 0.465 e. The summed E-state index contributed by atoms with van der Waals surface area (Å²) in [7, 11) is 0. The third kappa shape index (κ3) is 6.91. The minimum absolute atomic E-state index is 0.148. The van der Waals surface area contributed by atoms with Crippen molar-refractivity contribution in [1.29, 1.82) is 0 Å². The number of piperidine rings is 1. The van der Waals surface area contributed by atoms with Crippen LogP contribution < -0.4 is 5.69 Å². The number of benzene rings is 4. The van der Waals surface area contributed by atoms with Crippen LogP contribution in [0.2, 0.25) is 0 Å². The van der Waals surface area contributed by atoms with Gasteiger partial charge in [0.15, 0.2) is 5.78 Å². The van der Waals surface area contributed by atoms with Gasteiger partial charge in [0, 0.05) is 42.8 Å². The monoisotopic (exact) mass is 602 g/mol. The van der Waals surface area contributed by atoms with Gasteiger partial charge in [-0.3, -0.25) is 14.3 Å². The number of nitrogens with one attached hydrogen (secondary N) is 1. The number of ketones is 1. The van der Waals surface area contributed by atoms with Gasteiger partial charge in [-0.2, -0.15) is 0 Å². The van der Waals surface area contributed by atoms with Crippen molar-refractivity contribution < 1.29 is 14.7 Å². The molecular weight excluding hydrogens is 564 g/mol. The van der Waals surface area contributed by atoms with Gasteiger partial charge in [0.25, 0.3) is 0 Å². The molecule has 8 nitrogen and oxygen atoms in total. The molecule has 0 spiro atoms. The van der Waals surface area contributed by atoms with Crippen LogP contribution in [0.3, 0.4) is 0 Å². The Hall–Kier alpha value is -4.95. The van der Waals surface area contributed by atoms with Gasteiger partial charge >= 0.3 is 11.8 Å². The lowest BCUT2D eigenvalue weighted by molar-refractivity contribution is 0.0853. The van der Waals surface area contributed by atoms with Crippen molar-refractivity contribution in [2.75, 3.05) is 13.1 Å². The number of carbonyl (C=O) groups excluding carboxylic acids is 1. The van der Waals surface area contributed by atoms with Crippen molar-refractivity contribution in [2.45, 2.75) is 50.9 Å². The van der Waals surface area contributed by atoms with E-state index in [4.69, 9.17) is 0 Å². The summed E-state index contributed by atoms with van der Waals surface area (Å²) in [6, 6.07) is 34.7. The third-order valence-corrected chi connectivity index (χ3v) is 8.83. The van der Waals surface area contributed by atoms with Gasteiger partial charge in [-0.15, -0.1) is 0 Å². The summed E-state index contributed by atoms with van der Waals surface area (Å²) in [6.07, 6.45) is 1.55. The van der Waals surface area contributed by atoms with Gasteiger partial charge in [-0.25, -0.2) is 9.59 Å². The number of para-hydroxylation sites is 1. The van der Waals surface area contributed by atoms with Gasteiger partial charge in [-0.1, -0.05) is 97.1 Å². The molecule has 2 N–H and O–H groups in total. The fourth-order valence-electron chi connectivity index (χ4n) is 6.70. The van der Waals surface area contributed by atoms with E-state index in [0.717, 1.165) is 26.1 Å². The second kappa shape index (κ2) is 13.8. The van der Waals surface area contributed by atoms with E-state index in [2.05, 4.69) is 58.4 Å². The molecule has 6 rings (SSSR count). The Morgan fingerprint density at radius 1 is 0.822 bits per heavy atom. The zero-order valence-corrected chi connectivity index (χ0v) is 25.2. The van der Waals surface area contributed by atoms with Crippen LogP contribution in [0.4, 0.5) is 4.79 Å². The number of imidazole rings is 1. The minimum Gasteiger partial charge on any atom is -0.465 e. The van der Waals surface area contributed by atoms with E-state index in [0.29, 0.717) is 48.0 Å². The smallest absolute Gasteiger partial charge is 0.407 e. The van der Waals surface area contributed by atoms with Crippen LogP contribution in [0.1, 0.15) is 58.8 Å². The van der Waals surface area contributed by atoms with Crippen molar-refractivity contribution >= 4 is 22.9 Å². The Bertz CT molecular complexity index is 1760. The number of rotatable bonds is 11. The molecule has 0 aliphatic carbocycles. The molecule has 5 aromatic rings. The average Bonchev–Trinajstić information content (AvgIpc) is 3.41. The molecule has 1 aliphatic heterocycles. The molecule has 45 heavy (non-hydrogen) atoms. The Kier molecular flexibility index (Phi) is 9.22. The number of fused-ring (bicyclic) bond motifs is 1.